The van der Waals surface area contributed by atoms with E-state index < -0.39 is 17.4 Å². The first-order valence-electron chi connectivity index (χ1n) is 7.04. The van der Waals surface area contributed by atoms with E-state index in [-0.39, 0.29) is 13.2 Å². The van der Waals surface area contributed by atoms with Crippen molar-refractivity contribution in [1.29, 1.82) is 0 Å². The highest BCUT2D eigenvalue weighted by molar-refractivity contribution is 6.39. The van der Waals surface area contributed by atoms with Gasteiger partial charge in [0.15, 0.2) is 0 Å². The summed E-state index contributed by atoms with van der Waals surface area (Å²) in [4.78, 5) is 23.8. The Bertz CT molecular complexity index is 544. The topological polar surface area (TPSA) is 87.7 Å². The molecule has 122 valence electrons. The van der Waals surface area contributed by atoms with Crippen molar-refractivity contribution >= 4 is 17.5 Å². The lowest BCUT2D eigenvalue weighted by atomic mass is 10.1. The van der Waals surface area contributed by atoms with Gasteiger partial charge in [-0.15, -0.1) is 0 Å². The second-order valence-corrected chi connectivity index (χ2v) is 5.84. The Morgan fingerprint density at radius 3 is 2.23 bits per heavy atom. The Morgan fingerprint density at radius 2 is 1.73 bits per heavy atom. The molecule has 0 aliphatic carbocycles. The second kappa shape index (κ2) is 7.38. The Hall–Kier alpha value is -1.92. The molecule has 6 nitrogen and oxygen atoms in total. The van der Waals surface area contributed by atoms with Crippen LogP contribution in [0.15, 0.2) is 12.1 Å². The first-order chi connectivity index (χ1) is 10.2. The predicted molar refractivity (Wildman–Crippen MR) is 84.8 cm³/mol. The van der Waals surface area contributed by atoms with Crippen molar-refractivity contribution in [2.75, 3.05) is 25.6 Å². The van der Waals surface area contributed by atoms with Crippen LogP contribution in [-0.2, 0) is 14.3 Å². The number of aryl methyl sites for hydroxylation is 3. The molecule has 1 aromatic carbocycles. The van der Waals surface area contributed by atoms with Crippen molar-refractivity contribution in [3.63, 3.8) is 0 Å². The summed E-state index contributed by atoms with van der Waals surface area (Å²) in [5.41, 5.74) is 2.29. The van der Waals surface area contributed by atoms with Gasteiger partial charge in [-0.1, -0.05) is 17.7 Å². The molecule has 0 radical (unpaired) electrons. The number of carbonyl (C=O) groups is 2. The molecule has 3 N–H and O–H groups in total. The Balaban J connectivity index is 2.68. The van der Waals surface area contributed by atoms with E-state index in [2.05, 4.69) is 10.6 Å². The van der Waals surface area contributed by atoms with Crippen LogP contribution in [0.1, 0.15) is 23.6 Å². The van der Waals surface area contributed by atoms with Crippen LogP contribution in [-0.4, -0.2) is 42.8 Å². The van der Waals surface area contributed by atoms with E-state index in [9.17, 15) is 14.7 Å². The summed E-state index contributed by atoms with van der Waals surface area (Å²) >= 11 is 0. The number of benzene rings is 1. The lowest BCUT2D eigenvalue weighted by Gasteiger charge is -2.22. The summed E-state index contributed by atoms with van der Waals surface area (Å²) in [5, 5.41) is 14.9. The number of ether oxygens (including phenoxy) is 1. The fourth-order valence-electron chi connectivity index (χ4n) is 2.26. The minimum atomic E-state index is -1.22. The van der Waals surface area contributed by atoms with Crippen LogP contribution in [0, 0.1) is 20.8 Å². The number of amides is 2. The van der Waals surface area contributed by atoms with Gasteiger partial charge in [0, 0.05) is 19.3 Å². The summed E-state index contributed by atoms with van der Waals surface area (Å²) in [6.07, 6.45) is 0. The molecule has 6 heteroatoms. The van der Waals surface area contributed by atoms with Crippen molar-refractivity contribution in [2.45, 2.75) is 33.3 Å². The van der Waals surface area contributed by atoms with E-state index in [4.69, 9.17) is 4.74 Å². The molecule has 1 rings (SSSR count). The van der Waals surface area contributed by atoms with Crippen LogP contribution in [0.2, 0.25) is 0 Å². The molecule has 0 aliphatic rings. The molecule has 1 atom stereocenters. The van der Waals surface area contributed by atoms with Gasteiger partial charge in [-0.25, -0.2) is 0 Å². The highest BCUT2D eigenvalue weighted by Gasteiger charge is 2.23. The van der Waals surface area contributed by atoms with Gasteiger partial charge < -0.3 is 20.5 Å². The third kappa shape index (κ3) is 5.13. The van der Waals surface area contributed by atoms with Crippen molar-refractivity contribution in [3.05, 3.63) is 28.8 Å². The van der Waals surface area contributed by atoms with Gasteiger partial charge in [0.1, 0.15) is 5.60 Å². The van der Waals surface area contributed by atoms with Crippen LogP contribution >= 0.6 is 0 Å². The number of hydrogen-bond donors (Lipinski definition) is 3. The second-order valence-electron chi connectivity index (χ2n) is 5.84. The molecular weight excluding hydrogens is 284 g/mol. The van der Waals surface area contributed by atoms with E-state index in [1.807, 2.05) is 32.9 Å². The van der Waals surface area contributed by atoms with Gasteiger partial charge in [0.25, 0.3) is 0 Å². The molecule has 2 amide bonds. The molecular formula is C16H24N2O4. The maximum Gasteiger partial charge on any atom is 0.313 e. The summed E-state index contributed by atoms with van der Waals surface area (Å²) in [6.45, 7) is 7.22. The van der Waals surface area contributed by atoms with E-state index >= 15 is 0 Å². The zero-order chi connectivity index (χ0) is 16.9. The summed E-state index contributed by atoms with van der Waals surface area (Å²) in [5.74, 6) is -1.56. The van der Waals surface area contributed by atoms with Gasteiger partial charge in [-0.3, -0.25) is 9.59 Å². The number of rotatable bonds is 5. The number of carbonyl (C=O) groups excluding carboxylic acids is 2. The zero-order valence-corrected chi connectivity index (χ0v) is 13.7. The molecule has 1 aromatic rings. The SMILES string of the molecule is COCC(C)(O)CNC(=O)C(=O)Nc1c(C)cc(C)cc1C. The van der Waals surface area contributed by atoms with Gasteiger partial charge in [0.2, 0.25) is 0 Å². The van der Waals surface area contributed by atoms with Crippen LogP contribution in [0.5, 0.6) is 0 Å². The maximum absolute atomic E-state index is 11.9. The fraction of sp³-hybridized carbons (Fsp3) is 0.500. The number of anilines is 1. The molecule has 22 heavy (non-hydrogen) atoms. The molecule has 0 aromatic heterocycles. The first kappa shape index (κ1) is 18.1. The average molecular weight is 308 g/mol. The van der Waals surface area contributed by atoms with E-state index in [0.29, 0.717) is 5.69 Å². The quantitative estimate of drug-likeness (QED) is 0.710. The van der Waals surface area contributed by atoms with E-state index in [1.54, 1.807) is 0 Å². The lowest BCUT2D eigenvalue weighted by Crippen LogP contribution is -2.46. The largest absolute Gasteiger partial charge is 0.386 e. The fourth-order valence-corrected chi connectivity index (χ4v) is 2.26. The van der Waals surface area contributed by atoms with Crippen molar-refractivity contribution in [3.8, 4) is 0 Å². The summed E-state index contributed by atoms with van der Waals surface area (Å²) < 4.78 is 4.84. The minimum Gasteiger partial charge on any atom is -0.386 e. The molecule has 0 bridgehead atoms. The van der Waals surface area contributed by atoms with Crippen LogP contribution in [0.3, 0.4) is 0 Å². The van der Waals surface area contributed by atoms with Crippen molar-refractivity contribution in [1.82, 2.24) is 5.32 Å². The molecule has 0 saturated heterocycles. The molecule has 0 spiro atoms. The minimum absolute atomic E-state index is 0.0606. The van der Waals surface area contributed by atoms with Gasteiger partial charge in [-0.2, -0.15) is 0 Å². The highest BCUT2D eigenvalue weighted by atomic mass is 16.5. The average Bonchev–Trinajstić information content (AvgIpc) is 2.39. The van der Waals surface area contributed by atoms with Gasteiger partial charge in [-0.05, 0) is 38.8 Å². The third-order valence-electron chi connectivity index (χ3n) is 3.21. The van der Waals surface area contributed by atoms with Crippen molar-refractivity contribution in [2.24, 2.45) is 0 Å². The number of nitrogens with one attached hydrogen (secondary N) is 2. The number of aliphatic hydroxyl groups is 1. The van der Waals surface area contributed by atoms with Crippen LogP contribution < -0.4 is 10.6 Å². The Kier molecular flexibility index (Phi) is 6.08. The molecule has 0 fully saturated rings. The van der Waals surface area contributed by atoms with Gasteiger partial charge in [0.05, 0.1) is 6.61 Å². The predicted octanol–water partition coefficient (Wildman–Crippen LogP) is 1.06. The van der Waals surface area contributed by atoms with Gasteiger partial charge >= 0.3 is 11.8 Å². The van der Waals surface area contributed by atoms with E-state index in [1.165, 1.54) is 14.0 Å². The smallest absolute Gasteiger partial charge is 0.313 e. The lowest BCUT2D eigenvalue weighted by molar-refractivity contribution is -0.137. The Morgan fingerprint density at radius 1 is 1.18 bits per heavy atom. The Labute approximate surface area is 130 Å². The summed E-state index contributed by atoms with van der Waals surface area (Å²) in [6, 6.07) is 3.87. The monoisotopic (exact) mass is 308 g/mol. The number of hydrogen-bond acceptors (Lipinski definition) is 4. The molecule has 1 unspecified atom stereocenters. The van der Waals surface area contributed by atoms with Crippen LogP contribution in [0.4, 0.5) is 5.69 Å². The maximum atomic E-state index is 11.9. The normalized spacial score (nSPS) is 13.4. The molecule has 0 aliphatic heterocycles. The zero-order valence-electron chi connectivity index (χ0n) is 13.7. The standard InChI is InChI=1S/C16H24N2O4/c1-10-6-11(2)13(12(3)7-10)18-15(20)14(19)17-8-16(4,21)9-22-5/h6-7,21H,8-9H2,1-5H3,(H,17,19)(H,18,20). The molecule has 0 saturated carbocycles. The summed E-state index contributed by atoms with van der Waals surface area (Å²) in [7, 11) is 1.45. The van der Waals surface area contributed by atoms with E-state index in [0.717, 1.165) is 16.7 Å². The van der Waals surface area contributed by atoms with Crippen molar-refractivity contribution < 1.29 is 19.4 Å². The highest BCUT2D eigenvalue weighted by Crippen LogP contribution is 2.21. The molecule has 0 heterocycles. The number of methoxy groups -OCH3 is 1. The third-order valence-corrected chi connectivity index (χ3v) is 3.21. The van der Waals surface area contributed by atoms with Crippen LogP contribution in [0.25, 0.3) is 0 Å². The first-order valence-corrected chi connectivity index (χ1v) is 7.04.